The molecule has 0 spiro atoms. The van der Waals surface area contributed by atoms with Gasteiger partial charge in [-0.1, -0.05) is 0 Å². The van der Waals surface area contributed by atoms with Crippen molar-refractivity contribution in [2.24, 2.45) is 5.92 Å². The second-order valence-corrected chi connectivity index (χ2v) is 4.01. The number of amides is 1. The van der Waals surface area contributed by atoms with Crippen molar-refractivity contribution >= 4 is 5.91 Å². The Bertz CT molecular complexity index is 317. The molecule has 4 heteroatoms. The molecule has 1 unspecified atom stereocenters. The van der Waals surface area contributed by atoms with Crippen LogP contribution in [0.1, 0.15) is 29.8 Å². The Morgan fingerprint density at radius 2 is 2.47 bits per heavy atom. The molecule has 1 aliphatic rings. The lowest BCUT2D eigenvalue weighted by molar-refractivity contribution is 0.0920. The van der Waals surface area contributed by atoms with Crippen LogP contribution in [0, 0.1) is 5.92 Å². The lowest BCUT2D eigenvalue weighted by Gasteiger charge is -2.16. The largest absolute Gasteiger partial charge is 0.396 e. The second kappa shape index (κ2) is 4.49. The summed E-state index contributed by atoms with van der Waals surface area (Å²) >= 11 is 0. The number of carbonyl (C=O) groups is 1. The van der Waals surface area contributed by atoms with Crippen molar-refractivity contribution in [3.63, 3.8) is 0 Å². The van der Waals surface area contributed by atoms with Gasteiger partial charge in [0.05, 0.1) is 0 Å². The van der Waals surface area contributed by atoms with Crippen molar-refractivity contribution in [1.29, 1.82) is 0 Å². The molecule has 0 aromatic carbocycles. The summed E-state index contributed by atoms with van der Waals surface area (Å²) in [5, 5.41) is 11.8. The van der Waals surface area contributed by atoms with Gasteiger partial charge in [0.1, 0.15) is 5.69 Å². The first-order valence-electron chi connectivity index (χ1n) is 5.36. The molecule has 0 radical (unpaired) electrons. The molecule has 1 heterocycles. The maximum absolute atomic E-state index is 11.7. The van der Waals surface area contributed by atoms with Gasteiger partial charge in [0.2, 0.25) is 0 Å². The molecule has 1 aromatic rings. The minimum atomic E-state index is -0.0784. The predicted molar refractivity (Wildman–Crippen MR) is 56.5 cm³/mol. The topological polar surface area (TPSA) is 65.1 Å². The van der Waals surface area contributed by atoms with E-state index >= 15 is 0 Å². The Labute approximate surface area is 88.7 Å². The smallest absolute Gasteiger partial charge is 0.267 e. The molecule has 3 N–H and O–H groups in total. The molecule has 1 atom stereocenters. The zero-order valence-electron chi connectivity index (χ0n) is 8.57. The van der Waals surface area contributed by atoms with Gasteiger partial charge < -0.3 is 15.4 Å². The molecule has 15 heavy (non-hydrogen) atoms. The first kappa shape index (κ1) is 10.2. The molecular weight excluding hydrogens is 192 g/mol. The third-order valence-electron chi connectivity index (χ3n) is 2.79. The van der Waals surface area contributed by atoms with Crippen LogP contribution in [0.5, 0.6) is 0 Å². The van der Waals surface area contributed by atoms with Crippen LogP contribution in [-0.2, 0) is 0 Å². The van der Waals surface area contributed by atoms with Crippen LogP contribution in [0.3, 0.4) is 0 Å². The summed E-state index contributed by atoms with van der Waals surface area (Å²) in [6, 6.07) is 3.68. The van der Waals surface area contributed by atoms with Crippen LogP contribution in [0.2, 0.25) is 0 Å². The standard InChI is InChI=1S/C11H16N2O2/c14-7-5-9(8-3-4-8)13-11(15)10-2-1-6-12-10/h1-2,6,8-9,12,14H,3-5,7H2,(H,13,15). The highest BCUT2D eigenvalue weighted by Gasteiger charge is 2.31. The summed E-state index contributed by atoms with van der Waals surface area (Å²) in [6.45, 7) is 0.131. The Balaban J connectivity index is 1.91. The van der Waals surface area contributed by atoms with E-state index in [0.29, 0.717) is 18.0 Å². The molecule has 2 rings (SSSR count). The van der Waals surface area contributed by atoms with Crippen molar-refractivity contribution in [2.75, 3.05) is 6.61 Å². The fraction of sp³-hybridized carbons (Fsp3) is 0.545. The summed E-state index contributed by atoms with van der Waals surface area (Å²) < 4.78 is 0. The summed E-state index contributed by atoms with van der Waals surface area (Å²) in [6.07, 6.45) is 4.70. The van der Waals surface area contributed by atoms with E-state index in [1.165, 1.54) is 0 Å². The quantitative estimate of drug-likeness (QED) is 0.673. The molecule has 1 fully saturated rings. The predicted octanol–water partition coefficient (Wildman–Crippen LogP) is 0.905. The summed E-state index contributed by atoms with van der Waals surface area (Å²) in [7, 11) is 0. The first-order valence-corrected chi connectivity index (χ1v) is 5.36. The van der Waals surface area contributed by atoms with E-state index in [9.17, 15) is 4.79 Å². The molecule has 1 saturated carbocycles. The van der Waals surface area contributed by atoms with Crippen LogP contribution in [0.15, 0.2) is 18.3 Å². The van der Waals surface area contributed by atoms with Crippen molar-refractivity contribution in [2.45, 2.75) is 25.3 Å². The minimum absolute atomic E-state index is 0.0784. The minimum Gasteiger partial charge on any atom is -0.396 e. The van der Waals surface area contributed by atoms with E-state index in [1.807, 2.05) is 0 Å². The van der Waals surface area contributed by atoms with Gasteiger partial charge >= 0.3 is 0 Å². The molecule has 1 aromatic heterocycles. The Hall–Kier alpha value is -1.29. The maximum atomic E-state index is 11.7. The van der Waals surface area contributed by atoms with E-state index in [2.05, 4.69) is 10.3 Å². The third kappa shape index (κ3) is 2.59. The highest BCUT2D eigenvalue weighted by molar-refractivity contribution is 5.92. The number of H-pyrrole nitrogens is 1. The lowest BCUT2D eigenvalue weighted by Crippen LogP contribution is -2.37. The monoisotopic (exact) mass is 208 g/mol. The fourth-order valence-corrected chi connectivity index (χ4v) is 1.78. The highest BCUT2D eigenvalue weighted by atomic mass is 16.3. The van der Waals surface area contributed by atoms with E-state index in [0.717, 1.165) is 12.8 Å². The fourth-order valence-electron chi connectivity index (χ4n) is 1.78. The normalized spacial score (nSPS) is 17.4. The first-order chi connectivity index (χ1) is 7.31. The average molecular weight is 208 g/mol. The summed E-state index contributed by atoms with van der Waals surface area (Å²) in [5.74, 6) is 0.487. The Morgan fingerprint density at radius 3 is 3.00 bits per heavy atom. The van der Waals surface area contributed by atoms with Gasteiger partial charge in [-0.05, 0) is 37.3 Å². The molecule has 0 saturated heterocycles. The summed E-state index contributed by atoms with van der Waals surface area (Å²) in [4.78, 5) is 14.6. The third-order valence-corrected chi connectivity index (χ3v) is 2.79. The van der Waals surface area contributed by atoms with E-state index < -0.39 is 0 Å². The van der Waals surface area contributed by atoms with Crippen molar-refractivity contribution in [3.05, 3.63) is 24.0 Å². The average Bonchev–Trinajstić information content (AvgIpc) is 2.92. The number of hydrogen-bond acceptors (Lipinski definition) is 2. The van der Waals surface area contributed by atoms with Gasteiger partial charge in [-0.3, -0.25) is 4.79 Å². The maximum Gasteiger partial charge on any atom is 0.267 e. The van der Waals surface area contributed by atoms with Crippen LogP contribution in [0.4, 0.5) is 0 Å². The van der Waals surface area contributed by atoms with Gasteiger partial charge in [-0.2, -0.15) is 0 Å². The molecule has 1 aliphatic carbocycles. The molecule has 1 amide bonds. The highest BCUT2D eigenvalue weighted by Crippen LogP contribution is 2.33. The number of aliphatic hydroxyl groups is 1. The molecular formula is C11H16N2O2. The number of carbonyl (C=O) groups excluding carboxylic acids is 1. The SMILES string of the molecule is O=C(NC(CCO)C1CC1)c1ccc[nH]1. The molecule has 0 bridgehead atoms. The molecule has 0 aliphatic heterocycles. The van der Waals surface area contributed by atoms with Crippen LogP contribution >= 0.6 is 0 Å². The molecule has 82 valence electrons. The van der Waals surface area contributed by atoms with Crippen molar-refractivity contribution in [1.82, 2.24) is 10.3 Å². The van der Waals surface area contributed by atoms with E-state index in [1.54, 1.807) is 18.3 Å². The lowest BCUT2D eigenvalue weighted by atomic mass is 10.1. The van der Waals surface area contributed by atoms with Crippen LogP contribution < -0.4 is 5.32 Å². The van der Waals surface area contributed by atoms with Gasteiger partial charge in [-0.15, -0.1) is 0 Å². The Morgan fingerprint density at radius 1 is 1.67 bits per heavy atom. The van der Waals surface area contributed by atoms with Gasteiger partial charge in [0.15, 0.2) is 0 Å². The zero-order chi connectivity index (χ0) is 10.7. The van der Waals surface area contributed by atoms with Crippen molar-refractivity contribution in [3.8, 4) is 0 Å². The van der Waals surface area contributed by atoms with Gasteiger partial charge in [0, 0.05) is 18.8 Å². The van der Waals surface area contributed by atoms with Crippen LogP contribution in [-0.4, -0.2) is 28.6 Å². The molecule has 4 nitrogen and oxygen atoms in total. The van der Waals surface area contributed by atoms with Crippen molar-refractivity contribution < 1.29 is 9.90 Å². The van der Waals surface area contributed by atoms with Gasteiger partial charge in [0.25, 0.3) is 5.91 Å². The number of aliphatic hydroxyl groups excluding tert-OH is 1. The number of aromatic nitrogens is 1. The summed E-state index contributed by atoms with van der Waals surface area (Å²) in [5.41, 5.74) is 0.582. The van der Waals surface area contributed by atoms with Crippen LogP contribution in [0.25, 0.3) is 0 Å². The second-order valence-electron chi connectivity index (χ2n) is 4.01. The number of aromatic amines is 1. The number of rotatable bonds is 5. The zero-order valence-corrected chi connectivity index (χ0v) is 8.57. The number of hydrogen-bond donors (Lipinski definition) is 3. The number of nitrogens with one attached hydrogen (secondary N) is 2. The van der Waals surface area contributed by atoms with Gasteiger partial charge in [-0.25, -0.2) is 0 Å². The Kier molecular flexibility index (Phi) is 3.06. The van der Waals surface area contributed by atoms with E-state index in [4.69, 9.17) is 5.11 Å². The van der Waals surface area contributed by atoms with E-state index in [-0.39, 0.29) is 18.6 Å².